The molecule has 0 amide bonds. The van der Waals surface area contributed by atoms with Gasteiger partial charge in [-0.15, -0.1) is 0 Å². The van der Waals surface area contributed by atoms with Crippen molar-refractivity contribution in [2.75, 3.05) is 0 Å². The van der Waals surface area contributed by atoms with Gasteiger partial charge in [0.05, 0.1) is 0 Å². The molecule has 0 spiro atoms. The molecule has 0 saturated heterocycles. The zero-order valence-electron chi connectivity index (χ0n) is 8.53. The quantitative estimate of drug-likeness (QED) is 0.708. The third kappa shape index (κ3) is 9.82. The molecule has 76 valence electrons. The first-order valence-corrected chi connectivity index (χ1v) is 4.61. The second-order valence-electron chi connectivity index (χ2n) is 2.73. The van der Waals surface area contributed by atoms with Crippen LogP contribution in [0.15, 0.2) is 0 Å². The van der Waals surface area contributed by atoms with Crippen LogP contribution in [0.4, 0.5) is 8.78 Å². The maximum Gasteiger partial charge on any atom is 0.248 e. The second kappa shape index (κ2) is 7.47. The van der Waals surface area contributed by atoms with E-state index in [1.54, 1.807) is 6.92 Å². The van der Waals surface area contributed by atoms with Crippen LogP contribution in [0.25, 0.3) is 0 Å². The van der Waals surface area contributed by atoms with Gasteiger partial charge >= 0.3 is 0 Å². The lowest BCUT2D eigenvalue weighted by atomic mass is 10.1. The van der Waals surface area contributed by atoms with E-state index in [-0.39, 0.29) is 18.9 Å². The fourth-order valence-corrected chi connectivity index (χ4v) is 0.616. The van der Waals surface area contributed by atoms with Crippen LogP contribution in [0.5, 0.6) is 0 Å². The smallest absolute Gasteiger partial charge is 0.248 e. The highest BCUT2D eigenvalue weighted by molar-refractivity contribution is 4.66. The van der Waals surface area contributed by atoms with Crippen LogP contribution < -0.4 is 5.73 Å². The molecule has 0 heterocycles. The molecule has 0 fully saturated rings. The molecular weight excluding hydrogens is 160 g/mol. The van der Waals surface area contributed by atoms with E-state index >= 15 is 0 Å². The molecule has 1 unspecified atom stereocenters. The van der Waals surface area contributed by atoms with Crippen LogP contribution in [-0.2, 0) is 0 Å². The van der Waals surface area contributed by atoms with Gasteiger partial charge in [0.15, 0.2) is 0 Å². The number of hydrogen-bond donors (Lipinski definition) is 1. The fourth-order valence-electron chi connectivity index (χ4n) is 0.616. The number of halogens is 2. The maximum absolute atomic E-state index is 12.5. The molecule has 12 heavy (non-hydrogen) atoms. The van der Waals surface area contributed by atoms with Gasteiger partial charge in [-0.05, 0) is 13.3 Å². The Balaban J connectivity index is 0. The summed E-state index contributed by atoms with van der Waals surface area (Å²) in [7, 11) is 0. The molecule has 1 nitrogen and oxygen atoms in total. The fraction of sp³-hybridized carbons (Fsp3) is 1.00. The molecule has 0 aliphatic heterocycles. The first-order valence-electron chi connectivity index (χ1n) is 4.61. The minimum atomic E-state index is -2.51. The van der Waals surface area contributed by atoms with E-state index in [4.69, 9.17) is 5.73 Å². The Morgan fingerprint density at radius 3 is 2.00 bits per heavy atom. The van der Waals surface area contributed by atoms with Gasteiger partial charge in [-0.25, -0.2) is 8.78 Å². The summed E-state index contributed by atoms with van der Waals surface area (Å²) < 4.78 is 24.9. The van der Waals surface area contributed by atoms with E-state index in [0.29, 0.717) is 6.42 Å². The summed E-state index contributed by atoms with van der Waals surface area (Å²) in [6.07, 6.45) is 0.238. The van der Waals surface area contributed by atoms with Gasteiger partial charge in [-0.1, -0.05) is 20.8 Å². The van der Waals surface area contributed by atoms with Gasteiger partial charge in [0.1, 0.15) is 0 Å². The monoisotopic (exact) mass is 181 g/mol. The minimum Gasteiger partial charge on any atom is -0.328 e. The minimum absolute atomic E-state index is 0.0822. The van der Waals surface area contributed by atoms with E-state index in [1.165, 1.54) is 6.92 Å². The summed E-state index contributed by atoms with van der Waals surface area (Å²) in [5.41, 5.74) is 5.32. The normalized spacial score (nSPS) is 13.2. The Morgan fingerprint density at radius 1 is 1.33 bits per heavy atom. The summed E-state index contributed by atoms with van der Waals surface area (Å²) in [5, 5.41) is 0. The third-order valence-electron chi connectivity index (χ3n) is 1.48. The lowest BCUT2D eigenvalue weighted by Gasteiger charge is -2.14. The lowest BCUT2D eigenvalue weighted by Crippen LogP contribution is -2.21. The van der Waals surface area contributed by atoms with Gasteiger partial charge in [0.25, 0.3) is 0 Å². The van der Waals surface area contributed by atoms with Crippen molar-refractivity contribution in [1.29, 1.82) is 0 Å². The molecule has 2 N–H and O–H groups in total. The van der Waals surface area contributed by atoms with Crippen LogP contribution >= 0.6 is 0 Å². The summed E-state index contributed by atoms with van der Waals surface area (Å²) in [6, 6.07) is -0.113. The highest BCUT2D eigenvalue weighted by atomic mass is 19.3. The van der Waals surface area contributed by atoms with Crippen molar-refractivity contribution in [3.05, 3.63) is 0 Å². The van der Waals surface area contributed by atoms with Crippen molar-refractivity contribution in [2.45, 2.75) is 58.9 Å². The largest absolute Gasteiger partial charge is 0.328 e. The van der Waals surface area contributed by atoms with E-state index in [9.17, 15) is 8.78 Å². The van der Waals surface area contributed by atoms with Crippen molar-refractivity contribution in [2.24, 2.45) is 5.73 Å². The lowest BCUT2D eigenvalue weighted by molar-refractivity contribution is -0.0143. The van der Waals surface area contributed by atoms with E-state index in [1.807, 2.05) is 13.8 Å². The van der Waals surface area contributed by atoms with Gasteiger partial charge in [-0.2, -0.15) is 0 Å². The zero-order valence-corrected chi connectivity index (χ0v) is 8.53. The highest BCUT2D eigenvalue weighted by Gasteiger charge is 2.25. The summed E-state index contributed by atoms with van der Waals surface area (Å²) in [4.78, 5) is 0. The van der Waals surface area contributed by atoms with Crippen molar-refractivity contribution in [3.63, 3.8) is 0 Å². The molecule has 1 atom stereocenters. The molecule has 0 aromatic carbocycles. The Bertz CT molecular complexity index is 92.5. The molecular formula is C9H21F2N. The first kappa shape index (κ1) is 14.3. The van der Waals surface area contributed by atoms with Crippen LogP contribution in [0, 0.1) is 0 Å². The van der Waals surface area contributed by atoms with Crippen molar-refractivity contribution >= 4 is 0 Å². The Kier molecular flexibility index (Phi) is 8.93. The SMILES string of the molecule is CC.CCC(F)(F)CCC(C)N. The highest BCUT2D eigenvalue weighted by Crippen LogP contribution is 2.24. The molecule has 0 rings (SSSR count). The molecule has 0 bridgehead atoms. The average Bonchev–Trinajstić information content (AvgIpc) is 2.05. The van der Waals surface area contributed by atoms with Gasteiger partial charge in [0, 0.05) is 18.9 Å². The van der Waals surface area contributed by atoms with Gasteiger partial charge in [-0.3, -0.25) is 0 Å². The van der Waals surface area contributed by atoms with Crippen LogP contribution in [0.2, 0.25) is 0 Å². The van der Waals surface area contributed by atoms with Crippen molar-refractivity contribution in [3.8, 4) is 0 Å². The van der Waals surface area contributed by atoms with Crippen LogP contribution in [0.1, 0.15) is 47.0 Å². The summed E-state index contributed by atoms with van der Waals surface area (Å²) >= 11 is 0. The summed E-state index contributed by atoms with van der Waals surface area (Å²) in [5.74, 6) is -2.51. The van der Waals surface area contributed by atoms with Crippen LogP contribution in [-0.4, -0.2) is 12.0 Å². The van der Waals surface area contributed by atoms with Crippen LogP contribution in [0.3, 0.4) is 0 Å². The molecule has 0 aromatic rings. The average molecular weight is 181 g/mol. The number of rotatable bonds is 4. The molecule has 0 aromatic heterocycles. The maximum atomic E-state index is 12.5. The predicted molar refractivity (Wildman–Crippen MR) is 49.5 cm³/mol. The number of nitrogens with two attached hydrogens (primary N) is 1. The Labute approximate surface area is 74.3 Å². The molecule has 0 aliphatic rings. The Morgan fingerprint density at radius 2 is 1.75 bits per heavy atom. The third-order valence-corrected chi connectivity index (χ3v) is 1.48. The Hall–Kier alpha value is -0.180. The topological polar surface area (TPSA) is 26.0 Å². The number of hydrogen-bond acceptors (Lipinski definition) is 1. The predicted octanol–water partition coefficient (Wildman–Crippen LogP) is 3.19. The first-order chi connectivity index (χ1) is 5.48. The molecule has 3 heteroatoms. The number of alkyl halides is 2. The van der Waals surface area contributed by atoms with E-state index in [2.05, 4.69) is 0 Å². The van der Waals surface area contributed by atoms with E-state index < -0.39 is 5.92 Å². The molecule has 0 radical (unpaired) electrons. The second-order valence-corrected chi connectivity index (χ2v) is 2.73. The van der Waals surface area contributed by atoms with Gasteiger partial charge in [0.2, 0.25) is 5.92 Å². The van der Waals surface area contributed by atoms with E-state index in [0.717, 1.165) is 0 Å². The molecule has 0 aliphatic carbocycles. The standard InChI is InChI=1S/C7H15F2N.C2H6/c1-3-7(8,9)5-4-6(2)10;1-2/h6H,3-5,10H2,1-2H3;1-2H3. The van der Waals surface area contributed by atoms with Gasteiger partial charge < -0.3 is 5.73 Å². The van der Waals surface area contributed by atoms with Crippen molar-refractivity contribution < 1.29 is 8.78 Å². The van der Waals surface area contributed by atoms with Crippen molar-refractivity contribution in [1.82, 2.24) is 0 Å². The summed E-state index contributed by atoms with van der Waals surface area (Å²) in [6.45, 7) is 7.23. The molecule has 0 saturated carbocycles. The zero-order chi connectivity index (χ0) is 10.2.